The number of aromatic carboxylic acids is 1. The fourth-order valence-electron chi connectivity index (χ4n) is 2.39. The maximum absolute atomic E-state index is 11.3. The smallest absolute Gasteiger partial charge is 0.339 e. The number of methoxy groups -OCH3 is 1. The van der Waals surface area contributed by atoms with Gasteiger partial charge in [-0.2, -0.15) is 5.10 Å². The van der Waals surface area contributed by atoms with Crippen molar-refractivity contribution in [2.75, 3.05) is 12.8 Å². The van der Waals surface area contributed by atoms with Gasteiger partial charge in [-0.05, 0) is 35.9 Å². The fourth-order valence-corrected chi connectivity index (χ4v) is 2.39. The van der Waals surface area contributed by atoms with Gasteiger partial charge in [0.2, 0.25) is 0 Å². The molecule has 6 heteroatoms. The molecule has 0 radical (unpaired) electrons. The van der Waals surface area contributed by atoms with E-state index in [1.807, 2.05) is 30.3 Å². The van der Waals surface area contributed by atoms with Crippen molar-refractivity contribution < 1.29 is 14.6 Å². The second-order valence-electron chi connectivity index (χ2n) is 4.98. The van der Waals surface area contributed by atoms with Gasteiger partial charge in [0.15, 0.2) is 0 Å². The summed E-state index contributed by atoms with van der Waals surface area (Å²) in [6.07, 6.45) is 3.68. The molecule has 23 heavy (non-hydrogen) atoms. The van der Waals surface area contributed by atoms with Crippen LogP contribution in [0.15, 0.2) is 36.4 Å². The minimum Gasteiger partial charge on any atom is -0.495 e. The lowest BCUT2D eigenvalue weighted by atomic mass is 10.1. The van der Waals surface area contributed by atoms with Crippen LogP contribution in [0.5, 0.6) is 5.75 Å². The Kier molecular flexibility index (Phi) is 3.72. The van der Waals surface area contributed by atoms with E-state index in [0.29, 0.717) is 28.0 Å². The number of carboxylic acid groups (broad SMARTS) is 1. The fraction of sp³-hybridized carbons (Fsp3) is 0.0588. The van der Waals surface area contributed by atoms with Crippen molar-refractivity contribution in [2.45, 2.75) is 0 Å². The van der Waals surface area contributed by atoms with Gasteiger partial charge < -0.3 is 15.6 Å². The molecule has 0 aliphatic heterocycles. The number of carbonyl (C=O) groups is 1. The van der Waals surface area contributed by atoms with Crippen LogP contribution in [0.25, 0.3) is 23.1 Å². The first-order valence-corrected chi connectivity index (χ1v) is 6.92. The summed E-state index contributed by atoms with van der Waals surface area (Å²) in [5.74, 6) is -0.751. The zero-order valence-electron chi connectivity index (χ0n) is 12.4. The number of nitrogen functional groups attached to an aromatic ring is 1. The average molecular weight is 309 g/mol. The number of aromatic nitrogens is 2. The Morgan fingerprint density at radius 2 is 1.96 bits per heavy atom. The molecule has 1 heterocycles. The van der Waals surface area contributed by atoms with E-state index < -0.39 is 5.97 Å². The molecule has 0 unspecified atom stereocenters. The zero-order valence-corrected chi connectivity index (χ0v) is 12.4. The highest BCUT2D eigenvalue weighted by molar-refractivity contribution is 6.02. The average Bonchev–Trinajstić information content (AvgIpc) is 2.96. The standard InChI is InChI=1S/C17H15N3O3/c1-23-16-12(17(21)22)7-9-14-15(16)13(19-20-14)8-4-10-2-5-11(18)6-3-10/h2-9H,18H2,1H3,(H,19,20)(H,21,22). The van der Waals surface area contributed by atoms with Crippen molar-refractivity contribution in [3.05, 3.63) is 53.2 Å². The van der Waals surface area contributed by atoms with Crippen LogP contribution in [0.1, 0.15) is 21.6 Å². The summed E-state index contributed by atoms with van der Waals surface area (Å²) < 4.78 is 5.30. The summed E-state index contributed by atoms with van der Waals surface area (Å²) in [6, 6.07) is 10.6. The molecule has 1 aromatic heterocycles. The minimum absolute atomic E-state index is 0.100. The topological polar surface area (TPSA) is 101 Å². The minimum atomic E-state index is -1.04. The van der Waals surface area contributed by atoms with Crippen LogP contribution < -0.4 is 10.5 Å². The van der Waals surface area contributed by atoms with Gasteiger partial charge in [-0.15, -0.1) is 0 Å². The number of benzene rings is 2. The third kappa shape index (κ3) is 2.74. The maximum Gasteiger partial charge on any atom is 0.339 e. The van der Waals surface area contributed by atoms with Crippen LogP contribution in [0.3, 0.4) is 0 Å². The van der Waals surface area contributed by atoms with Crippen molar-refractivity contribution in [3.8, 4) is 5.75 Å². The van der Waals surface area contributed by atoms with Gasteiger partial charge in [0.05, 0.1) is 23.7 Å². The Hall–Kier alpha value is -3.28. The Labute approximate surface area is 132 Å². The molecule has 0 atom stereocenters. The van der Waals surface area contributed by atoms with E-state index in [4.69, 9.17) is 10.5 Å². The van der Waals surface area contributed by atoms with E-state index in [2.05, 4.69) is 10.2 Å². The predicted molar refractivity (Wildman–Crippen MR) is 89.4 cm³/mol. The lowest BCUT2D eigenvalue weighted by molar-refractivity contribution is 0.0693. The number of carboxylic acids is 1. The molecule has 6 nitrogen and oxygen atoms in total. The van der Waals surface area contributed by atoms with Crippen LogP contribution in [0.2, 0.25) is 0 Å². The number of nitrogens with zero attached hydrogens (tertiary/aromatic N) is 1. The second-order valence-corrected chi connectivity index (χ2v) is 4.98. The van der Waals surface area contributed by atoms with Crippen LogP contribution in [0.4, 0.5) is 5.69 Å². The molecule has 0 amide bonds. The summed E-state index contributed by atoms with van der Waals surface area (Å²) >= 11 is 0. The Morgan fingerprint density at radius 1 is 1.22 bits per heavy atom. The molecular weight excluding hydrogens is 294 g/mol. The summed E-state index contributed by atoms with van der Waals surface area (Å²) in [4.78, 5) is 11.3. The van der Waals surface area contributed by atoms with Crippen LogP contribution in [-0.2, 0) is 0 Å². The van der Waals surface area contributed by atoms with Crippen molar-refractivity contribution in [1.29, 1.82) is 0 Å². The summed E-state index contributed by atoms with van der Waals surface area (Å²) in [7, 11) is 1.45. The molecule has 4 N–H and O–H groups in total. The third-order valence-electron chi connectivity index (χ3n) is 3.52. The quantitative estimate of drug-likeness (QED) is 0.643. The van der Waals surface area contributed by atoms with Gasteiger partial charge >= 0.3 is 5.97 Å². The third-order valence-corrected chi connectivity index (χ3v) is 3.52. The highest BCUT2D eigenvalue weighted by Crippen LogP contribution is 2.32. The van der Waals surface area contributed by atoms with Crippen molar-refractivity contribution in [1.82, 2.24) is 10.2 Å². The first-order valence-electron chi connectivity index (χ1n) is 6.92. The van der Waals surface area contributed by atoms with Gasteiger partial charge in [-0.25, -0.2) is 4.79 Å². The Balaban J connectivity index is 2.09. The summed E-state index contributed by atoms with van der Waals surface area (Å²) in [6.45, 7) is 0. The molecule has 0 spiro atoms. The van der Waals surface area contributed by atoms with Gasteiger partial charge in [-0.3, -0.25) is 5.10 Å². The Morgan fingerprint density at radius 3 is 2.61 bits per heavy atom. The van der Waals surface area contributed by atoms with Crippen LogP contribution in [0, 0.1) is 0 Å². The number of nitrogens with two attached hydrogens (primary N) is 1. The largest absolute Gasteiger partial charge is 0.495 e. The van der Waals surface area contributed by atoms with E-state index in [0.717, 1.165) is 5.56 Å². The highest BCUT2D eigenvalue weighted by Gasteiger charge is 2.17. The molecule has 3 rings (SSSR count). The van der Waals surface area contributed by atoms with E-state index in [1.165, 1.54) is 13.2 Å². The van der Waals surface area contributed by atoms with Gasteiger partial charge in [-0.1, -0.05) is 18.2 Å². The molecule has 0 saturated carbocycles. The molecule has 116 valence electrons. The molecular formula is C17H15N3O3. The van der Waals surface area contributed by atoms with Crippen molar-refractivity contribution >= 4 is 34.7 Å². The number of nitrogens with one attached hydrogen (secondary N) is 1. The molecule has 2 aromatic carbocycles. The monoisotopic (exact) mass is 309 g/mol. The molecule has 0 fully saturated rings. The number of hydrogen-bond acceptors (Lipinski definition) is 4. The normalized spacial score (nSPS) is 11.2. The number of anilines is 1. The van der Waals surface area contributed by atoms with Crippen molar-refractivity contribution in [3.63, 3.8) is 0 Å². The SMILES string of the molecule is COc1c(C(=O)O)ccc2[nH]nc(C=Cc3ccc(N)cc3)c12. The number of fused-ring (bicyclic) bond motifs is 1. The second kappa shape index (κ2) is 5.84. The molecule has 3 aromatic rings. The number of aromatic amines is 1. The van der Waals surface area contributed by atoms with E-state index in [-0.39, 0.29) is 5.56 Å². The van der Waals surface area contributed by atoms with Crippen molar-refractivity contribution in [2.24, 2.45) is 0 Å². The highest BCUT2D eigenvalue weighted by atomic mass is 16.5. The van der Waals surface area contributed by atoms with Gasteiger partial charge in [0.1, 0.15) is 11.3 Å². The maximum atomic E-state index is 11.3. The number of hydrogen-bond donors (Lipinski definition) is 3. The first kappa shape index (κ1) is 14.6. The molecule has 0 aliphatic carbocycles. The Bertz CT molecular complexity index is 895. The van der Waals surface area contributed by atoms with E-state index in [1.54, 1.807) is 12.1 Å². The molecule has 0 aliphatic rings. The van der Waals surface area contributed by atoms with Gasteiger partial charge in [0, 0.05) is 5.69 Å². The van der Waals surface area contributed by atoms with Crippen LogP contribution >= 0.6 is 0 Å². The van der Waals surface area contributed by atoms with Crippen LogP contribution in [-0.4, -0.2) is 28.4 Å². The number of H-pyrrole nitrogens is 1. The lowest BCUT2D eigenvalue weighted by Crippen LogP contribution is -2.00. The number of rotatable bonds is 4. The van der Waals surface area contributed by atoms with E-state index in [9.17, 15) is 9.90 Å². The lowest BCUT2D eigenvalue weighted by Gasteiger charge is -2.06. The van der Waals surface area contributed by atoms with E-state index >= 15 is 0 Å². The summed E-state index contributed by atoms with van der Waals surface area (Å²) in [5.41, 5.74) is 8.74. The van der Waals surface area contributed by atoms with Gasteiger partial charge in [0.25, 0.3) is 0 Å². The molecule has 0 bridgehead atoms. The molecule has 0 saturated heterocycles. The predicted octanol–water partition coefficient (Wildman–Crippen LogP) is 3.02. The number of ether oxygens (including phenoxy) is 1. The first-order chi connectivity index (χ1) is 11.1. The summed E-state index contributed by atoms with van der Waals surface area (Å²) in [5, 5.41) is 17.0. The zero-order chi connectivity index (χ0) is 16.4.